The van der Waals surface area contributed by atoms with Crippen molar-refractivity contribution in [3.63, 3.8) is 0 Å². The zero-order valence-electron chi connectivity index (χ0n) is 18.1. The van der Waals surface area contributed by atoms with E-state index in [4.69, 9.17) is 14.5 Å². The van der Waals surface area contributed by atoms with Crippen molar-refractivity contribution in [1.82, 2.24) is 14.4 Å². The predicted octanol–water partition coefficient (Wildman–Crippen LogP) is 4.13. The standard InChI is InChI=1S/C25H24N4O3/c1-17-15-18(8-10-26-17)24-25(29-11-4-3-5-22(29)27-24)19-6-7-21-20(16-19)28(13-14-32-21)12-9-23(30)31-2/h3-8,10-11,15-16H,9,12-14H2,1-2H3. The summed E-state index contributed by atoms with van der Waals surface area (Å²) < 4.78 is 12.8. The second-order valence-corrected chi connectivity index (χ2v) is 7.77. The number of aromatic nitrogens is 3. The molecule has 0 aliphatic carbocycles. The third-order valence-electron chi connectivity index (χ3n) is 5.71. The second-order valence-electron chi connectivity index (χ2n) is 7.77. The molecule has 0 N–H and O–H groups in total. The number of imidazole rings is 1. The van der Waals surface area contributed by atoms with Crippen molar-refractivity contribution in [2.24, 2.45) is 0 Å². The highest BCUT2D eigenvalue weighted by molar-refractivity contribution is 5.84. The minimum absolute atomic E-state index is 0.216. The monoisotopic (exact) mass is 428 g/mol. The number of rotatable bonds is 5. The highest BCUT2D eigenvalue weighted by Crippen LogP contribution is 2.39. The summed E-state index contributed by atoms with van der Waals surface area (Å²) in [6.07, 6.45) is 4.17. The van der Waals surface area contributed by atoms with Gasteiger partial charge in [-0.05, 0) is 49.4 Å². The van der Waals surface area contributed by atoms with Crippen molar-refractivity contribution in [2.75, 3.05) is 31.7 Å². The third kappa shape index (κ3) is 3.66. The number of carbonyl (C=O) groups excluding carboxylic acids is 1. The van der Waals surface area contributed by atoms with Crippen LogP contribution in [0, 0.1) is 6.92 Å². The van der Waals surface area contributed by atoms with Gasteiger partial charge in [0.15, 0.2) is 0 Å². The van der Waals surface area contributed by atoms with E-state index in [9.17, 15) is 4.79 Å². The van der Waals surface area contributed by atoms with Crippen LogP contribution in [-0.2, 0) is 9.53 Å². The van der Waals surface area contributed by atoms with Crippen molar-refractivity contribution < 1.29 is 14.3 Å². The molecule has 32 heavy (non-hydrogen) atoms. The van der Waals surface area contributed by atoms with Crippen LogP contribution in [0.1, 0.15) is 12.1 Å². The summed E-state index contributed by atoms with van der Waals surface area (Å²) >= 11 is 0. The van der Waals surface area contributed by atoms with Crippen LogP contribution in [0.2, 0.25) is 0 Å². The van der Waals surface area contributed by atoms with Gasteiger partial charge < -0.3 is 14.4 Å². The number of hydrogen-bond acceptors (Lipinski definition) is 6. The molecule has 0 radical (unpaired) electrons. The van der Waals surface area contributed by atoms with Crippen LogP contribution >= 0.6 is 0 Å². The number of nitrogens with zero attached hydrogens (tertiary/aromatic N) is 4. The number of hydrogen-bond donors (Lipinski definition) is 0. The Bertz CT molecular complexity index is 1300. The second kappa shape index (κ2) is 8.34. The molecule has 3 aromatic heterocycles. The molecule has 4 heterocycles. The molecular formula is C25H24N4O3. The molecule has 0 saturated heterocycles. The Morgan fingerprint density at radius 3 is 2.91 bits per heavy atom. The van der Waals surface area contributed by atoms with Crippen molar-refractivity contribution in [2.45, 2.75) is 13.3 Å². The molecular weight excluding hydrogens is 404 g/mol. The molecule has 1 aromatic carbocycles. The van der Waals surface area contributed by atoms with Gasteiger partial charge in [0.25, 0.3) is 0 Å². The Labute approximate surface area is 186 Å². The number of aryl methyl sites for hydroxylation is 1. The summed E-state index contributed by atoms with van der Waals surface area (Å²) in [6.45, 7) is 3.87. The van der Waals surface area contributed by atoms with E-state index >= 15 is 0 Å². The quantitative estimate of drug-likeness (QED) is 0.445. The number of fused-ring (bicyclic) bond motifs is 2. The lowest BCUT2D eigenvalue weighted by Crippen LogP contribution is -2.34. The Morgan fingerprint density at radius 1 is 1.16 bits per heavy atom. The van der Waals surface area contributed by atoms with Gasteiger partial charge >= 0.3 is 5.97 Å². The Kier molecular flexibility index (Phi) is 5.23. The van der Waals surface area contributed by atoms with Crippen LogP contribution < -0.4 is 9.64 Å². The molecule has 162 valence electrons. The average Bonchev–Trinajstić information content (AvgIpc) is 3.22. The lowest BCUT2D eigenvalue weighted by atomic mass is 10.0. The van der Waals surface area contributed by atoms with Crippen molar-refractivity contribution >= 4 is 17.3 Å². The first-order valence-electron chi connectivity index (χ1n) is 10.6. The van der Waals surface area contributed by atoms with Gasteiger partial charge in [-0.2, -0.15) is 0 Å². The fourth-order valence-electron chi connectivity index (χ4n) is 4.15. The lowest BCUT2D eigenvalue weighted by molar-refractivity contribution is -0.140. The van der Waals surface area contributed by atoms with Gasteiger partial charge in [-0.25, -0.2) is 4.98 Å². The minimum Gasteiger partial charge on any atom is -0.490 e. The van der Waals surface area contributed by atoms with Crippen LogP contribution in [0.5, 0.6) is 5.75 Å². The Balaban J connectivity index is 1.63. The number of carbonyl (C=O) groups is 1. The van der Waals surface area contributed by atoms with Crippen molar-refractivity contribution in [3.05, 3.63) is 66.6 Å². The fraction of sp³-hybridized carbons (Fsp3) is 0.240. The molecule has 0 atom stereocenters. The summed E-state index contributed by atoms with van der Waals surface area (Å²) in [7, 11) is 1.42. The number of pyridine rings is 2. The largest absolute Gasteiger partial charge is 0.490 e. The summed E-state index contributed by atoms with van der Waals surface area (Å²) in [5.74, 6) is 0.603. The molecule has 0 spiro atoms. The van der Waals surface area contributed by atoms with Gasteiger partial charge in [0.2, 0.25) is 0 Å². The van der Waals surface area contributed by atoms with E-state index in [-0.39, 0.29) is 5.97 Å². The topological polar surface area (TPSA) is 69.0 Å². The minimum atomic E-state index is -0.216. The van der Waals surface area contributed by atoms with E-state index in [0.29, 0.717) is 19.6 Å². The summed E-state index contributed by atoms with van der Waals surface area (Å²) in [5.41, 5.74) is 6.75. The predicted molar refractivity (Wildman–Crippen MR) is 123 cm³/mol. The first-order valence-corrected chi connectivity index (χ1v) is 10.6. The average molecular weight is 428 g/mol. The van der Waals surface area contributed by atoms with E-state index in [1.807, 2.05) is 49.6 Å². The van der Waals surface area contributed by atoms with E-state index < -0.39 is 0 Å². The highest BCUT2D eigenvalue weighted by atomic mass is 16.5. The smallest absolute Gasteiger partial charge is 0.307 e. The van der Waals surface area contributed by atoms with Crippen LogP contribution in [0.15, 0.2) is 60.9 Å². The molecule has 0 amide bonds. The number of methoxy groups -OCH3 is 1. The zero-order valence-corrected chi connectivity index (χ0v) is 18.1. The van der Waals surface area contributed by atoms with E-state index in [1.165, 1.54) is 7.11 Å². The maximum atomic E-state index is 11.7. The van der Waals surface area contributed by atoms with Crippen LogP contribution in [-0.4, -0.2) is 47.1 Å². The van der Waals surface area contributed by atoms with Gasteiger partial charge in [0.1, 0.15) is 18.0 Å². The van der Waals surface area contributed by atoms with Gasteiger partial charge in [-0.3, -0.25) is 14.2 Å². The molecule has 0 unspecified atom stereocenters. The number of ether oxygens (including phenoxy) is 2. The van der Waals surface area contributed by atoms with Crippen molar-refractivity contribution in [1.29, 1.82) is 0 Å². The Hall–Kier alpha value is -3.87. The molecule has 0 saturated carbocycles. The van der Waals surface area contributed by atoms with Crippen LogP contribution in [0.25, 0.3) is 28.2 Å². The van der Waals surface area contributed by atoms with Crippen LogP contribution in [0.3, 0.4) is 0 Å². The van der Waals surface area contributed by atoms with Crippen LogP contribution in [0.4, 0.5) is 5.69 Å². The molecule has 7 nitrogen and oxygen atoms in total. The fourth-order valence-corrected chi connectivity index (χ4v) is 4.15. The third-order valence-corrected chi connectivity index (χ3v) is 5.71. The molecule has 0 bridgehead atoms. The normalized spacial score (nSPS) is 13.0. The lowest BCUT2D eigenvalue weighted by Gasteiger charge is -2.31. The van der Waals surface area contributed by atoms with Gasteiger partial charge in [-0.15, -0.1) is 0 Å². The molecule has 1 aliphatic rings. The van der Waals surface area contributed by atoms with E-state index in [2.05, 4.69) is 32.5 Å². The van der Waals surface area contributed by atoms with Crippen molar-refractivity contribution in [3.8, 4) is 28.3 Å². The highest BCUT2D eigenvalue weighted by Gasteiger charge is 2.22. The first kappa shape index (κ1) is 20.1. The Morgan fingerprint density at radius 2 is 2.06 bits per heavy atom. The molecule has 1 aliphatic heterocycles. The molecule has 4 aromatic rings. The molecule has 0 fully saturated rings. The number of benzene rings is 1. The molecule has 7 heteroatoms. The van der Waals surface area contributed by atoms with Gasteiger partial charge in [0, 0.05) is 35.8 Å². The molecule has 5 rings (SSSR count). The summed E-state index contributed by atoms with van der Waals surface area (Å²) in [6, 6.07) is 16.2. The SMILES string of the molecule is COC(=O)CCN1CCOc2ccc(-c3c(-c4ccnc(C)c4)nc4ccccn34)cc21. The maximum absolute atomic E-state index is 11.7. The van der Waals surface area contributed by atoms with Gasteiger partial charge in [0.05, 0.1) is 37.2 Å². The zero-order chi connectivity index (χ0) is 22.1. The maximum Gasteiger partial charge on any atom is 0.307 e. The first-order chi connectivity index (χ1) is 15.6. The van der Waals surface area contributed by atoms with Gasteiger partial charge in [-0.1, -0.05) is 6.07 Å². The number of anilines is 1. The summed E-state index contributed by atoms with van der Waals surface area (Å²) in [4.78, 5) is 23.1. The van der Waals surface area contributed by atoms with E-state index in [0.717, 1.165) is 51.8 Å². The number of esters is 1. The van der Waals surface area contributed by atoms with E-state index in [1.54, 1.807) is 0 Å². The summed E-state index contributed by atoms with van der Waals surface area (Å²) in [5, 5.41) is 0.